The van der Waals surface area contributed by atoms with Crippen molar-refractivity contribution in [2.24, 2.45) is 0 Å². The van der Waals surface area contributed by atoms with Crippen molar-refractivity contribution in [2.45, 2.75) is 19.8 Å². The second-order valence-corrected chi connectivity index (χ2v) is 3.94. The highest BCUT2D eigenvalue weighted by Crippen LogP contribution is 2.25. The molecule has 0 saturated carbocycles. The van der Waals surface area contributed by atoms with Crippen LogP contribution in [0.3, 0.4) is 0 Å². The lowest BCUT2D eigenvalue weighted by molar-refractivity contribution is 0.155. The van der Waals surface area contributed by atoms with Crippen LogP contribution < -0.4 is 4.90 Å². The summed E-state index contributed by atoms with van der Waals surface area (Å²) in [7, 11) is 0. The molecule has 1 amide bonds. The number of aromatic nitrogens is 2. The first-order chi connectivity index (χ1) is 8.83. The van der Waals surface area contributed by atoms with E-state index < -0.39 is 0 Å². The van der Waals surface area contributed by atoms with Gasteiger partial charge in [-0.25, -0.2) is 9.69 Å². The number of anilines is 2. The summed E-state index contributed by atoms with van der Waals surface area (Å²) in [5.74, 6) is 0. The third-order valence-electron chi connectivity index (χ3n) is 2.59. The molecular formula is C13H17N3O2. The lowest BCUT2D eigenvalue weighted by Crippen LogP contribution is -2.26. The number of unbranched alkanes of at least 4 members (excludes halogenated alkanes) is 1. The topological polar surface area (TPSA) is 61.1 Å². The molecule has 0 aromatic carbocycles. The van der Waals surface area contributed by atoms with Crippen LogP contribution in [0.2, 0.25) is 0 Å². The molecule has 0 spiro atoms. The number of hydrogen-bond donors (Lipinski definition) is 2. The maximum absolute atomic E-state index is 12.1. The van der Waals surface area contributed by atoms with Crippen molar-refractivity contribution in [1.29, 1.82) is 0 Å². The van der Waals surface area contributed by atoms with Gasteiger partial charge in [-0.1, -0.05) is 13.3 Å². The van der Waals surface area contributed by atoms with E-state index in [1.54, 1.807) is 24.8 Å². The normalized spacial score (nSPS) is 10.3. The first kappa shape index (κ1) is 12.3. The zero-order valence-corrected chi connectivity index (χ0v) is 10.3. The van der Waals surface area contributed by atoms with Gasteiger partial charge in [0.05, 0.1) is 18.0 Å². The molecule has 0 aliphatic heterocycles. The van der Waals surface area contributed by atoms with Gasteiger partial charge in [-0.3, -0.25) is 0 Å². The van der Waals surface area contributed by atoms with E-state index in [0.29, 0.717) is 6.61 Å². The Morgan fingerprint density at radius 3 is 2.28 bits per heavy atom. The number of carbonyl (C=O) groups excluding carboxylic acids is 1. The Labute approximate surface area is 106 Å². The Morgan fingerprint density at radius 1 is 1.22 bits per heavy atom. The Hall–Kier alpha value is -2.17. The Balaban J connectivity index is 2.13. The van der Waals surface area contributed by atoms with E-state index in [1.807, 2.05) is 12.1 Å². The second kappa shape index (κ2) is 5.95. The highest BCUT2D eigenvalue weighted by Gasteiger charge is 2.19. The van der Waals surface area contributed by atoms with Crippen LogP contribution in [-0.4, -0.2) is 22.7 Å². The molecule has 0 unspecified atom stereocenters. The average Bonchev–Trinajstić information content (AvgIpc) is 3.03. The van der Waals surface area contributed by atoms with E-state index >= 15 is 0 Å². The van der Waals surface area contributed by atoms with Crippen LogP contribution in [0.25, 0.3) is 0 Å². The summed E-state index contributed by atoms with van der Waals surface area (Å²) in [4.78, 5) is 19.5. The van der Waals surface area contributed by atoms with Gasteiger partial charge in [0.1, 0.15) is 0 Å². The smallest absolute Gasteiger partial charge is 0.419 e. The first-order valence-corrected chi connectivity index (χ1v) is 6.05. The summed E-state index contributed by atoms with van der Waals surface area (Å²) in [6, 6.07) is 3.65. The van der Waals surface area contributed by atoms with Crippen molar-refractivity contribution in [3.8, 4) is 0 Å². The maximum atomic E-state index is 12.1. The van der Waals surface area contributed by atoms with E-state index in [-0.39, 0.29) is 6.09 Å². The average molecular weight is 247 g/mol. The van der Waals surface area contributed by atoms with E-state index in [2.05, 4.69) is 16.9 Å². The summed E-state index contributed by atoms with van der Waals surface area (Å²) in [5.41, 5.74) is 1.52. The molecule has 0 saturated heterocycles. The Bertz CT molecular complexity index is 428. The molecule has 5 heteroatoms. The molecule has 0 fully saturated rings. The van der Waals surface area contributed by atoms with Gasteiger partial charge in [-0.05, 0) is 18.6 Å². The number of hydrogen-bond acceptors (Lipinski definition) is 2. The number of nitrogens with zero attached hydrogens (tertiary/aromatic N) is 1. The fraction of sp³-hybridized carbons (Fsp3) is 0.308. The summed E-state index contributed by atoms with van der Waals surface area (Å²) >= 11 is 0. The molecule has 96 valence electrons. The van der Waals surface area contributed by atoms with E-state index in [9.17, 15) is 4.79 Å². The van der Waals surface area contributed by atoms with Crippen LogP contribution in [0.5, 0.6) is 0 Å². The SMILES string of the molecule is CCCCOC(=O)N(c1cc[nH]c1)c1cc[nH]c1. The van der Waals surface area contributed by atoms with Gasteiger partial charge in [0.2, 0.25) is 0 Å². The van der Waals surface area contributed by atoms with Crippen LogP contribution in [0.15, 0.2) is 36.9 Å². The number of ether oxygens (including phenoxy) is 1. The number of aromatic amines is 2. The second-order valence-electron chi connectivity index (χ2n) is 3.94. The van der Waals surface area contributed by atoms with Crippen molar-refractivity contribution in [3.05, 3.63) is 36.9 Å². The van der Waals surface area contributed by atoms with Gasteiger partial charge in [-0.2, -0.15) is 0 Å². The van der Waals surface area contributed by atoms with Crippen molar-refractivity contribution in [2.75, 3.05) is 11.5 Å². The number of nitrogens with one attached hydrogen (secondary N) is 2. The molecule has 0 radical (unpaired) electrons. The predicted octanol–water partition coefficient (Wildman–Crippen LogP) is 3.42. The molecule has 0 bridgehead atoms. The van der Waals surface area contributed by atoms with E-state index in [1.165, 1.54) is 4.90 Å². The third kappa shape index (κ3) is 2.74. The maximum Gasteiger partial charge on any atom is 0.419 e. The lowest BCUT2D eigenvalue weighted by atomic mass is 10.3. The summed E-state index contributed by atoms with van der Waals surface area (Å²) < 4.78 is 5.25. The molecule has 5 nitrogen and oxygen atoms in total. The van der Waals surface area contributed by atoms with Crippen LogP contribution in [-0.2, 0) is 4.74 Å². The molecule has 2 heterocycles. The van der Waals surface area contributed by atoms with Crippen molar-refractivity contribution >= 4 is 17.5 Å². The zero-order valence-electron chi connectivity index (χ0n) is 10.3. The van der Waals surface area contributed by atoms with Crippen LogP contribution >= 0.6 is 0 Å². The lowest BCUT2D eigenvalue weighted by Gasteiger charge is -2.19. The third-order valence-corrected chi connectivity index (χ3v) is 2.59. The van der Waals surface area contributed by atoms with Gasteiger partial charge in [-0.15, -0.1) is 0 Å². The van der Waals surface area contributed by atoms with E-state index in [0.717, 1.165) is 24.2 Å². The first-order valence-electron chi connectivity index (χ1n) is 6.05. The predicted molar refractivity (Wildman–Crippen MR) is 70.0 cm³/mol. The zero-order chi connectivity index (χ0) is 12.8. The fourth-order valence-electron chi connectivity index (χ4n) is 1.64. The highest BCUT2D eigenvalue weighted by atomic mass is 16.6. The Morgan fingerprint density at radius 2 is 1.83 bits per heavy atom. The molecule has 2 aromatic heterocycles. The van der Waals surface area contributed by atoms with Crippen molar-refractivity contribution in [1.82, 2.24) is 9.97 Å². The molecule has 2 aromatic rings. The van der Waals surface area contributed by atoms with Crippen LogP contribution in [0, 0.1) is 0 Å². The molecule has 2 N–H and O–H groups in total. The summed E-state index contributed by atoms with van der Waals surface area (Å²) in [6.45, 7) is 2.50. The van der Waals surface area contributed by atoms with Crippen LogP contribution in [0.4, 0.5) is 16.2 Å². The van der Waals surface area contributed by atoms with Gasteiger partial charge in [0.25, 0.3) is 0 Å². The summed E-state index contributed by atoms with van der Waals surface area (Å²) in [5, 5.41) is 0. The van der Waals surface area contributed by atoms with Gasteiger partial charge < -0.3 is 14.7 Å². The number of rotatable bonds is 5. The minimum absolute atomic E-state index is 0.359. The molecule has 0 aliphatic rings. The fourth-order valence-corrected chi connectivity index (χ4v) is 1.64. The van der Waals surface area contributed by atoms with Crippen LogP contribution in [0.1, 0.15) is 19.8 Å². The van der Waals surface area contributed by atoms with Gasteiger partial charge in [0.15, 0.2) is 0 Å². The quantitative estimate of drug-likeness (QED) is 0.795. The molecular weight excluding hydrogens is 230 g/mol. The standard InChI is InChI=1S/C13H17N3O2/c1-2-3-8-18-13(17)16(11-4-6-14-9-11)12-5-7-15-10-12/h4-7,9-10,14-15H,2-3,8H2,1H3. The Kier molecular flexibility index (Phi) is 4.06. The monoisotopic (exact) mass is 247 g/mol. The molecule has 0 aliphatic carbocycles. The van der Waals surface area contributed by atoms with Crippen molar-refractivity contribution < 1.29 is 9.53 Å². The molecule has 0 atom stereocenters. The van der Waals surface area contributed by atoms with Crippen molar-refractivity contribution in [3.63, 3.8) is 0 Å². The molecule has 18 heavy (non-hydrogen) atoms. The number of H-pyrrole nitrogens is 2. The highest BCUT2D eigenvalue weighted by molar-refractivity contribution is 5.95. The van der Waals surface area contributed by atoms with Gasteiger partial charge >= 0.3 is 6.09 Å². The molecule has 2 rings (SSSR count). The van der Waals surface area contributed by atoms with Gasteiger partial charge in [0, 0.05) is 24.8 Å². The summed E-state index contributed by atoms with van der Waals surface area (Å²) in [6.07, 6.45) is 8.58. The largest absolute Gasteiger partial charge is 0.449 e. The number of carbonyl (C=O) groups is 1. The van der Waals surface area contributed by atoms with E-state index in [4.69, 9.17) is 4.74 Å². The minimum Gasteiger partial charge on any atom is -0.449 e. The minimum atomic E-state index is -0.359. The number of amides is 1.